The molecule has 0 fully saturated rings. The zero-order chi connectivity index (χ0) is 28.5. The second-order valence-electron chi connectivity index (χ2n) is 8.06. The summed E-state index contributed by atoms with van der Waals surface area (Å²) in [5.41, 5.74) is 21.4. The van der Waals surface area contributed by atoms with Crippen molar-refractivity contribution < 1.29 is 44.1 Å². The third-order valence-corrected chi connectivity index (χ3v) is 4.88. The number of carbonyl (C=O) groups is 6. The molecule has 4 atom stereocenters. The minimum absolute atomic E-state index is 0.0696. The van der Waals surface area contributed by atoms with Crippen LogP contribution >= 0.6 is 0 Å². The molecule has 3 amide bonds. The number of nitrogens with one attached hydrogen (secondary N) is 3. The van der Waals surface area contributed by atoms with Crippen molar-refractivity contribution in [1.29, 1.82) is 0 Å². The number of aliphatic carboxylic acids is 3. The summed E-state index contributed by atoms with van der Waals surface area (Å²) in [7, 11) is 0. The lowest BCUT2D eigenvalue weighted by atomic mass is 10.1. The second kappa shape index (κ2) is 17.4. The van der Waals surface area contributed by atoms with Crippen LogP contribution in [0.25, 0.3) is 0 Å². The predicted molar refractivity (Wildman–Crippen MR) is 129 cm³/mol. The summed E-state index contributed by atoms with van der Waals surface area (Å²) < 4.78 is 0. The van der Waals surface area contributed by atoms with Crippen molar-refractivity contribution in [3.05, 3.63) is 0 Å². The Morgan fingerprint density at radius 2 is 1.22 bits per heavy atom. The Morgan fingerprint density at radius 1 is 0.703 bits per heavy atom. The number of guanidine groups is 1. The van der Waals surface area contributed by atoms with Crippen LogP contribution in [0.1, 0.15) is 44.9 Å². The summed E-state index contributed by atoms with van der Waals surface area (Å²) in [5.74, 6) is -7.44. The molecule has 0 saturated carbocycles. The maximum Gasteiger partial charge on any atom is 0.326 e. The van der Waals surface area contributed by atoms with E-state index in [1.807, 2.05) is 0 Å². The van der Waals surface area contributed by atoms with Gasteiger partial charge in [-0.3, -0.25) is 29.0 Å². The molecule has 0 bridgehead atoms. The minimum Gasteiger partial charge on any atom is -0.481 e. The predicted octanol–water partition coefficient (Wildman–Crippen LogP) is -4.02. The summed E-state index contributed by atoms with van der Waals surface area (Å²) in [6.07, 6.45) is -0.569. The number of carbonyl (C=O) groups excluding carboxylic acids is 3. The molecule has 0 aromatic heterocycles. The van der Waals surface area contributed by atoms with E-state index in [0.29, 0.717) is 19.4 Å². The van der Waals surface area contributed by atoms with Crippen LogP contribution in [0, 0.1) is 0 Å². The second-order valence-corrected chi connectivity index (χ2v) is 8.06. The van der Waals surface area contributed by atoms with Crippen LogP contribution in [0.2, 0.25) is 0 Å². The van der Waals surface area contributed by atoms with E-state index in [1.54, 1.807) is 0 Å². The molecule has 0 rings (SSSR count). The average Bonchev–Trinajstić information content (AvgIpc) is 2.78. The molecule has 0 aliphatic rings. The first-order chi connectivity index (χ1) is 17.3. The molecule has 0 saturated heterocycles. The van der Waals surface area contributed by atoms with Crippen LogP contribution < -0.4 is 38.9 Å². The van der Waals surface area contributed by atoms with Crippen LogP contribution in [-0.4, -0.2) is 94.2 Å². The topological polar surface area (TPSA) is 316 Å². The Balaban J connectivity index is 5.64. The highest BCUT2D eigenvalue weighted by molar-refractivity contribution is 5.96. The van der Waals surface area contributed by atoms with Crippen LogP contribution in [0.15, 0.2) is 4.99 Å². The fourth-order valence-corrected chi connectivity index (χ4v) is 3.01. The number of aliphatic imine (C=N–C) groups is 1. The zero-order valence-corrected chi connectivity index (χ0v) is 20.2. The standard InChI is InChI=1S/C20H36N8O9/c21-6-2-1-4-12(19(36)37)27-17(34)11(5-3-7-25-20(23)24)26-18(35)13(9-15(31)32)28-16(33)10(22)8-14(29)30/h10-13H,1-9,21-22H2,(H,26,35)(H,27,34)(H,28,33)(H,29,30)(H,31,32)(H,36,37)(H4,23,24,25). The van der Waals surface area contributed by atoms with Crippen LogP contribution in [-0.2, 0) is 28.8 Å². The Hall–Kier alpha value is -3.99. The van der Waals surface area contributed by atoms with Gasteiger partial charge in [0, 0.05) is 6.54 Å². The molecule has 4 unspecified atom stereocenters. The van der Waals surface area contributed by atoms with Crippen molar-refractivity contribution in [3.63, 3.8) is 0 Å². The molecule has 0 spiro atoms. The Bertz CT molecular complexity index is 848. The molecule has 0 aliphatic heterocycles. The first-order valence-electron chi connectivity index (χ1n) is 11.4. The molecular formula is C20H36N8O9. The van der Waals surface area contributed by atoms with Crippen molar-refractivity contribution in [2.24, 2.45) is 27.9 Å². The lowest BCUT2D eigenvalue weighted by Crippen LogP contribution is -2.57. The SMILES string of the molecule is NCCCCC(NC(=O)C(CCCN=C(N)N)NC(=O)C(CC(=O)O)NC(=O)C(N)CC(=O)O)C(=O)O. The van der Waals surface area contributed by atoms with Gasteiger partial charge in [-0.05, 0) is 38.6 Å². The molecule has 0 aliphatic carbocycles. The van der Waals surface area contributed by atoms with Crippen molar-refractivity contribution >= 4 is 41.6 Å². The first kappa shape index (κ1) is 33.0. The van der Waals surface area contributed by atoms with Gasteiger partial charge in [-0.15, -0.1) is 0 Å². The van der Waals surface area contributed by atoms with Gasteiger partial charge in [0.05, 0.1) is 18.9 Å². The van der Waals surface area contributed by atoms with E-state index >= 15 is 0 Å². The van der Waals surface area contributed by atoms with E-state index in [9.17, 15) is 33.9 Å². The van der Waals surface area contributed by atoms with Crippen LogP contribution in [0.3, 0.4) is 0 Å². The maximum atomic E-state index is 12.9. The van der Waals surface area contributed by atoms with E-state index in [4.69, 9.17) is 33.1 Å². The van der Waals surface area contributed by atoms with E-state index in [2.05, 4.69) is 20.9 Å². The van der Waals surface area contributed by atoms with Gasteiger partial charge in [-0.1, -0.05) is 0 Å². The molecule has 0 aromatic carbocycles. The van der Waals surface area contributed by atoms with Crippen molar-refractivity contribution in [2.75, 3.05) is 13.1 Å². The third kappa shape index (κ3) is 14.9. The van der Waals surface area contributed by atoms with E-state index < -0.39 is 72.6 Å². The fourth-order valence-electron chi connectivity index (χ4n) is 3.01. The van der Waals surface area contributed by atoms with Gasteiger partial charge in [0.25, 0.3) is 0 Å². The zero-order valence-electron chi connectivity index (χ0n) is 20.2. The Labute approximate surface area is 212 Å². The maximum absolute atomic E-state index is 12.9. The van der Waals surface area contributed by atoms with Crippen LogP contribution in [0.5, 0.6) is 0 Å². The van der Waals surface area contributed by atoms with Gasteiger partial charge in [0.2, 0.25) is 17.7 Å². The number of carboxylic acid groups (broad SMARTS) is 3. The molecule has 37 heavy (non-hydrogen) atoms. The number of amides is 3. The number of hydrogen-bond acceptors (Lipinski definition) is 9. The Morgan fingerprint density at radius 3 is 1.73 bits per heavy atom. The van der Waals surface area contributed by atoms with Gasteiger partial charge in [0.15, 0.2) is 5.96 Å². The number of rotatable bonds is 19. The number of nitrogens with zero attached hydrogens (tertiary/aromatic N) is 1. The summed E-state index contributed by atoms with van der Waals surface area (Å²) in [5, 5.41) is 34.0. The highest BCUT2D eigenvalue weighted by atomic mass is 16.4. The fraction of sp³-hybridized carbons (Fsp3) is 0.650. The summed E-state index contributed by atoms with van der Waals surface area (Å²) in [6.45, 7) is 0.400. The van der Waals surface area contributed by atoms with Crippen molar-refractivity contribution in [1.82, 2.24) is 16.0 Å². The largest absolute Gasteiger partial charge is 0.481 e. The van der Waals surface area contributed by atoms with E-state index in [0.717, 1.165) is 0 Å². The smallest absolute Gasteiger partial charge is 0.326 e. The minimum atomic E-state index is -1.71. The average molecular weight is 533 g/mol. The molecule has 14 N–H and O–H groups in total. The molecule has 0 radical (unpaired) electrons. The lowest BCUT2D eigenvalue weighted by Gasteiger charge is -2.24. The normalized spacial score (nSPS) is 13.8. The third-order valence-electron chi connectivity index (χ3n) is 4.88. The molecule has 17 heteroatoms. The van der Waals surface area contributed by atoms with Crippen molar-refractivity contribution in [2.45, 2.75) is 69.1 Å². The van der Waals surface area contributed by atoms with Gasteiger partial charge < -0.3 is 54.2 Å². The lowest BCUT2D eigenvalue weighted by molar-refractivity contribution is -0.143. The number of nitrogens with two attached hydrogens (primary N) is 4. The number of carboxylic acids is 3. The first-order valence-corrected chi connectivity index (χ1v) is 11.4. The molecule has 17 nitrogen and oxygen atoms in total. The number of hydrogen-bond donors (Lipinski definition) is 10. The van der Waals surface area contributed by atoms with Crippen LogP contribution in [0.4, 0.5) is 0 Å². The van der Waals surface area contributed by atoms with E-state index in [1.165, 1.54) is 0 Å². The van der Waals surface area contributed by atoms with Crippen molar-refractivity contribution in [3.8, 4) is 0 Å². The molecule has 210 valence electrons. The van der Waals surface area contributed by atoms with Gasteiger partial charge in [-0.2, -0.15) is 0 Å². The Kier molecular flexibility index (Phi) is 15.6. The summed E-state index contributed by atoms with van der Waals surface area (Å²) >= 11 is 0. The molecule has 0 heterocycles. The quantitative estimate of drug-likeness (QED) is 0.0431. The van der Waals surface area contributed by atoms with Gasteiger partial charge in [0.1, 0.15) is 18.1 Å². The summed E-state index contributed by atoms with van der Waals surface area (Å²) in [4.78, 5) is 75.1. The highest BCUT2D eigenvalue weighted by Crippen LogP contribution is 2.06. The van der Waals surface area contributed by atoms with Gasteiger partial charge in [-0.25, -0.2) is 4.79 Å². The highest BCUT2D eigenvalue weighted by Gasteiger charge is 2.31. The number of unbranched alkanes of at least 4 members (excludes halogenated alkanes) is 1. The summed E-state index contributed by atoms with van der Waals surface area (Å²) in [6, 6.07) is -5.90. The monoisotopic (exact) mass is 532 g/mol. The molecule has 0 aromatic rings. The van der Waals surface area contributed by atoms with E-state index in [-0.39, 0.29) is 31.8 Å². The molecular weight excluding hydrogens is 496 g/mol. The van der Waals surface area contributed by atoms with Gasteiger partial charge >= 0.3 is 17.9 Å².